The molecule has 14 nitrogen and oxygen atoms in total. The summed E-state index contributed by atoms with van der Waals surface area (Å²) in [5.74, 6) is -3.31. The Labute approximate surface area is 300 Å². The fraction of sp³-hybridized carbons (Fsp3) is 0.128. The third-order valence-corrected chi connectivity index (χ3v) is 8.36. The Morgan fingerprint density at radius 1 is 0.736 bits per heavy atom. The molecule has 0 bridgehead atoms. The summed E-state index contributed by atoms with van der Waals surface area (Å²) in [4.78, 5) is 25.3. The number of para-hydroxylation sites is 1. The molecule has 14 heteroatoms. The highest BCUT2D eigenvalue weighted by atomic mass is 16.6. The number of hydrogen-bond acceptors (Lipinski definition) is 14. The highest BCUT2D eigenvalue weighted by Crippen LogP contribution is 2.44. The van der Waals surface area contributed by atoms with Gasteiger partial charge in [-0.1, -0.05) is 42.5 Å². The van der Waals surface area contributed by atoms with Crippen molar-refractivity contribution in [1.29, 1.82) is 0 Å². The molecule has 0 aliphatic carbocycles. The van der Waals surface area contributed by atoms with Crippen LogP contribution in [0.2, 0.25) is 0 Å². The summed E-state index contributed by atoms with van der Waals surface area (Å²) < 4.78 is 27.8. The van der Waals surface area contributed by atoms with E-state index in [1.54, 1.807) is 25.3 Å². The van der Waals surface area contributed by atoms with E-state index in [2.05, 4.69) is 0 Å². The predicted octanol–water partition coefficient (Wildman–Crippen LogP) is 6.00. The van der Waals surface area contributed by atoms with E-state index in [1.807, 2.05) is 30.3 Å². The van der Waals surface area contributed by atoms with E-state index in [9.17, 15) is 45.3 Å². The van der Waals surface area contributed by atoms with Gasteiger partial charge in [0.25, 0.3) is 0 Å². The molecule has 6 aromatic rings. The number of ether oxygens (including phenoxy) is 4. The predicted molar refractivity (Wildman–Crippen MR) is 188 cm³/mol. The highest BCUT2D eigenvalue weighted by molar-refractivity contribution is 5.91. The summed E-state index contributed by atoms with van der Waals surface area (Å²) in [5, 5.41) is 68.7. The Hall–Kier alpha value is -7.22. The van der Waals surface area contributed by atoms with Crippen LogP contribution in [0.5, 0.6) is 57.5 Å². The Morgan fingerprint density at radius 3 is 2.11 bits per heavy atom. The van der Waals surface area contributed by atoms with Crippen LogP contribution in [0.4, 0.5) is 0 Å². The normalized spacial score (nSPS) is 14.6. The van der Waals surface area contributed by atoms with Gasteiger partial charge in [-0.05, 0) is 36.4 Å². The minimum Gasteiger partial charge on any atom is -0.508 e. The highest BCUT2D eigenvalue weighted by Gasteiger charge is 2.37. The van der Waals surface area contributed by atoms with E-state index in [0.717, 1.165) is 23.8 Å². The van der Waals surface area contributed by atoms with Crippen LogP contribution in [0, 0.1) is 0 Å². The number of rotatable bonds is 6. The molecule has 0 fully saturated rings. The van der Waals surface area contributed by atoms with E-state index in [-0.39, 0.29) is 51.7 Å². The first-order valence-corrected chi connectivity index (χ1v) is 15.8. The van der Waals surface area contributed by atoms with Crippen molar-refractivity contribution in [3.63, 3.8) is 0 Å². The lowest BCUT2D eigenvalue weighted by molar-refractivity contribution is -0.0189. The second kappa shape index (κ2) is 14.6. The zero-order valence-corrected chi connectivity index (χ0v) is 28.0. The number of carbonyl (C=O) groups is 1. The molecule has 0 amide bonds. The van der Waals surface area contributed by atoms with Crippen molar-refractivity contribution in [3.8, 4) is 68.8 Å². The van der Waals surface area contributed by atoms with Gasteiger partial charge < -0.3 is 59.1 Å². The molecule has 0 saturated carbocycles. The number of phenolic OH excluding ortho intramolecular Hbond substituents is 7. The summed E-state index contributed by atoms with van der Waals surface area (Å²) >= 11 is 0. The molecule has 0 spiro atoms. The topological polar surface area (TPSA) is 226 Å². The maximum absolute atomic E-state index is 12.7. The number of benzene rings is 5. The molecule has 272 valence electrons. The zero-order valence-electron chi connectivity index (χ0n) is 28.0. The summed E-state index contributed by atoms with van der Waals surface area (Å²) in [6, 6.07) is 22.6. The van der Waals surface area contributed by atoms with Crippen molar-refractivity contribution in [3.05, 3.63) is 118 Å². The van der Waals surface area contributed by atoms with Crippen molar-refractivity contribution in [2.75, 3.05) is 14.2 Å². The van der Waals surface area contributed by atoms with Crippen molar-refractivity contribution in [1.82, 2.24) is 0 Å². The van der Waals surface area contributed by atoms with Crippen LogP contribution in [-0.2, 0) is 11.2 Å². The molecule has 1 aliphatic heterocycles. The molecule has 0 saturated heterocycles. The maximum Gasteiger partial charge on any atom is 0.338 e. The van der Waals surface area contributed by atoms with Gasteiger partial charge in [0, 0.05) is 35.2 Å². The third-order valence-electron chi connectivity index (χ3n) is 8.36. The van der Waals surface area contributed by atoms with Gasteiger partial charge in [-0.25, -0.2) is 4.79 Å². The summed E-state index contributed by atoms with van der Waals surface area (Å²) in [5.41, 5.74) is 1.31. The number of hydrogen-bond donors (Lipinski definition) is 7. The van der Waals surface area contributed by atoms with E-state index >= 15 is 0 Å². The minimum absolute atomic E-state index is 0.0461. The first-order chi connectivity index (χ1) is 25.4. The SMILES string of the molecule is COc1c(-c2ccccc2)oc2c(OC)cccc2c1=O.O=C(OC1Cc2c(O)cc(O)cc2OC1c1ccc(O)c(O)c1)c1cc(O)c(O)c(O)c1. The number of methoxy groups -OCH3 is 2. The fourth-order valence-electron chi connectivity index (χ4n) is 5.78. The van der Waals surface area contributed by atoms with Crippen LogP contribution < -0.4 is 19.6 Å². The Morgan fingerprint density at radius 2 is 1.45 bits per heavy atom. The maximum atomic E-state index is 12.7. The van der Waals surface area contributed by atoms with E-state index in [4.69, 9.17) is 23.4 Å². The Balaban J connectivity index is 0.000000198. The molecule has 1 aromatic heterocycles. The van der Waals surface area contributed by atoms with E-state index in [0.29, 0.717) is 28.0 Å². The van der Waals surface area contributed by atoms with Crippen LogP contribution >= 0.6 is 0 Å². The van der Waals surface area contributed by atoms with E-state index < -0.39 is 41.2 Å². The first kappa shape index (κ1) is 35.6. The second-order valence-electron chi connectivity index (χ2n) is 11.7. The second-order valence-corrected chi connectivity index (χ2v) is 11.7. The van der Waals surface area contributed by atoms with Crippen molar-refractivity contribution in [2.24, 2.45) is 0 Å². The van der Waals surface area contributed by atoms with Gasteiger partial charge in [0.05, 0.1) is 25.2 Å². The van der Waals surface area contributed by atoms with Crippen LogP contribution in [0.3, 0.4) is 0 Å². The number of fused-ring (bicyclic) bond motifs is 2. The third kappa shape index (κ3) is 7.05. The first-order valence-electron chi connectivity index (χ1n) is 15.8. The van der Waals surface area contributed by atoms with Gasteiger partial charge in [-0.2, -0.15) is 0 Å². The fourth-order valence-corrected chi connectivity index (χ4v) is 5.78. The molecule has 1 aliphatic rings. The molecule has 2 atom stereocenters. The van der Waals surface area contributed by atoms with Crippen LogP contribution in [-0.4, -0.2) is 62.0 Å². The summed E-state index contributed by atoms with van der Waals surface area (Å²) in [6.45, 7) is 0. The molecule has 2 heterocycles. The van der Waals surface area contributed by atoms with Crippen molar-refractivity contribution in [2.45, 2.75) is 18.6 Å². The van der Waals surface area contributed by atoms with Gasteiger partial charge in [0.2, 0.25) is 11.2 Å². The van der Waals surface area contributed by atoms with Crippen LogP contribution in [0.15, 0.2) is 100 Å². The van der Waals surface area contributed by atoms with Crippen LogP contribution in [0.1, 0.15) is 27.6 Å². The standard InChI is InChI=1S/C22H18O10.C17H14O4/c23-11-6-14(25)12-8-19(32-22(30)10-4-16(27)20(29)17(28)5-10)21(31-18(12)7-11)9-1-2-13(24)15(26)3-9;1-19-13-10-6-9-12-14(18)17(20-2)15(21-16(12)13)11-7-4-3-5-8-11/h1-7,19,21,23-29H,8H2;3-10H,1-2H3. The smallest absolute Gasteiger partial charge is 0.338 e. The molecule has 2 unspecified atom stereocenters. The van der Waals surface area contributed by atoms with Gasteiger partial charge in [0.1, 0.15) is 23.4 Å². The van der Waals surface area contributed by atoms with Gasteiger partial charge >= 0.3 is 5.97 Å². The van der Waals surface area contributed by atoms with Crippen molar-refractivity contribution < 1.29 is 63.9 Å². The number of carbonyl (C=O) groups excluding carboxylic acids is 1. The lowest BCUT2D eigenvalue weighted by Crippen LogP contribution is -2.34. The molecular weight excluding hydrogens is 692 g/mol. The zero-order chi connectivity index (χ0) is 38.0. The molecule has 7 rings (SSSR count). The lowest BCUT2D eigenvalue weighted by Gasteiger charge is -2.34. The minimum atomic E-state index is -1.06. The monoisotopic (exact) mass is 724 g/mol. The summed E-state index contributed by atoms with van der Waals surface area (Å²) in [6.07, 6.45) is -2.12. The van der Waals surface area contributed by atoms with Gasteiger partial charge in [0.15, 0.2) is 51.9 Å². The molecule has 0 radical (unpaired) electrons. The van der Waals surface area contributed by atoms with Crippen LogP contribution in [0.25, 0.3) is 22.3 Å². The quantitative estimate of drug-likeness (QED) is 0.0772. The average molecular weight is 725 g/mol. The van der Waals surface area contributed by atoms with Gasteiger partial charge in [-0.15, -0.1) is 0 Å². The summed E-state index contributed by atoms with van der Waals surface area (Å²) in [7, 11) is 3.01. The molecule has 5 aromatic carbocycles. The van der Waals surface area contributed by atoms with Crippen molar-refractivity contribution >= 4 is 16.9 Å². The molecule has 7 N–H and O–H groups in total. The number of esters is 1. The molecule has 53 heavy (non-hydrogen) atoms. The number of phenols is 7. The Kier molecular flexibility index (Phi) is 9.78. The Bertz CT molecular complexity index is 2360. The average Bonchev–Trinajstić information content (AvgIpc) is 3.15. The van der Waals surface area contributed by atoms with E-state index in [1.165, 1.54) is 31.4 Å². The lowest BCUT2D eigenvalue weighted by atomic mass is 9.93. The molecular formula is C39H32O14. The number of aromatic hydroxyl groups is 7. The largest absolute Gasteiger partial charge is 0.508 e. The van der Waals surface area contributed by atoms with Gasteiger partial charge in [-0.3, -0.25) is 4.79 Å².